The summed E-state index contributed by atoms with van der Waals surface area (Å²) in [5, 5.41) is 5.72. The molecule has 5 heteroatoms. The summed E-state index contributed by atoms with van der Waals surface area (Å²) in [4.78, 5) is 21.9. The molecule has 0 aliphatic carbocycles. The molecule has 4 N–H and O–H groups in total. The van der Waals surface area contributed by atoms with Gasteiger partial charge in [0.15, 0.2) is 0 Å². The summed E-state index contributed by atoms with van der Waals surface area (Å²) in [5.74, 6) is -0.290. The average Bonchev–Trinajstić information content (AvgIpc) is 2.17. The molecule has 0 saturated heterocycles. The molecule has 0 aliphatic heterocycles. The Morgan fingerprint density at radius 2 is 2.00 bits per heavy atom. The Hall–Kier alpha value is -1.10. The molecule has 15 heavy (non-hydrogen) atoms. The summed E-state index contributed by atoms with van der Waals surface area (Å²) < 4.78 is 0. The first-order valence-electron chi connectivity index (χ1n) is 5.41. The minimum absolute atomic E-state index is 0.0476. The maximum atomic E-state index is 11.1. The van der Waals surface area contributed by atoms with Crippen LogP contribution in [-0.2, 0) is 9.59 Å². The summed E-state index contributed by atoms with van der Waals surface area (Å²) in [5.41, 5.74) is 5.16. The predicted molar refractivity (Wildman–Crippen MR) is 59.2 cm³/mol. The van der Waals surface area contributed by atoms with Crippen molar-refractivity contribution in [2.24, 2.45) is 5.73 Å². The number of carbonyl (C=O) groups excluding carboxylic acids is 2. The van der Waals surface area contributed by atoms with E-state index in [4.69, 9.17) is 5.73 Å². The van der Waals surface area contributed by atoms with E-state index < -0.39 is 0 Å². The summed E-state index contributed by atoms with van der Waals surface area (Å²) >= 11 is 0. The SMILES string of the molecule is CCNC(=O)CCCN[C@@H](CC)C(N)=O. The largest absolute Gasteiger partial charge is 0.368 e. The first-order chi connectivity index (χ1) is 7.11. The van der Waals surface area contributed by atoms with E-state index in [2.05, 4.69) is 10.6 Å². The van der Waals surface area contributed by atoms with Gasteiger partial charge in [0.25, 0.3) is 0 Å². The Kier molecular flexibility index (Phi) is 7.62. The Labute approximate surface area is 90.8 Å². The Balaban J connectivity index is 3.52. The molecule has 0 saturated carbocycles. The van der Waals surface area contributed by atoms with Crippen LogP contribution in [-0.4, -0.2) is 30.9 Å². The van der Waals surface area contributed by atoms with Gasteiger partial charge in [0, 0.05) is 13.0 Å². The van der Waals surface area contributed by atoms with Crippen molar-refractivity contribution in [1.82, 2.24) is 10.6 Å². The van der Waals surface area contributed by atoms with Gasteiger partial charge in [-0.3, -0.25) is 9.59 Å². The Morgan fingerprint density at radius 1 is 1.33 bits per heavy atom. The third-order valence-electron chi connectivity index (χ3n) is 2.10. The quantitative estimate of drug-likeness (QED) is 0.488. The number of hydrogen-bond donors (Lipinski definition) is 3. The van der Waals surface area contributed by atoms with Gasteiger partial charge in [-0.25, -0.2) is 0 Å². The fraction of sp³-hybridized carbons (Fsp3) is 0.800. The average molecular weight is 215 g/mol. The molecule has 0 bridgehead atoms. The zero-order valence-corrected chi connectivity index (χ0v) is 9.51. The number of carbonyl (C=O) groups is 2. The molecule has 0 aromatic heterocycles. The van der Waals surface area contributed by atoms with Crippen molar-refractivity contribution in [2.45, 2.75) is 39.2 Å². The minimum Gasteiger partial charge on any atom is -0.368 e. The molecule has 0 fully saturated rings. The highest BCUT2D eigenvalue weighted by Crippen LogP contribution is 1.92. The fourth-order valence-corrected chi connectivity index (χ4v) is 1.26. The van der Waals surface area contributed by atoms with Crippen molar-refractivity contribution in [3.8, 4) is 0 Å². The number of primary amides is 1. The van der Waals surface area contributed by atoms with Crippen LogP contribution in [0.2, 0.25) is 0 Å². The van der Waals surface area contributed by atoms with Crippen LogP contribution in [0, 0.1) is 0 Å². The summed E-state index contributed by atoms with van der Waals surface area (Å²) in [6, 6.07) is -0.278. The smallest absolute Gasteiger partial charge is 0.234 e. The lowest BCUT2D eigenvalue weighted by molar-refractivity contribution is -0.121. The third kappa shape index (κ3) is 6.90. The van der Waals surface area contributed by atoms with Crippen LogP contribution < -0.4 is 16.4 Å². The molecule has 0 heterocycles. The van der Waals surface area contributed by atoms with E-state index in [0.717, 1.165) is 6.42 Å². The van der Waals surface area contributed by atoms with Crippen LogP contribution in [0.25, 0.3) is 0 Å². The van der Waals surface area contributed by atoms with Crippen molar-refractivity contribution < 1.29 is 9.59 Å². The first-order valence-corrected chi connectivity index (χ1v) is 5.41. The summed E-state index contributed by atoms with van der Waals surface area (Å²) in [6.45, 7) is 5.08. The van der Waals surface area contributed by atoms with Crippen LogP contribution in [0.5, 0.6) is 0 Å². The van der Waals surface area contributed by atoms with E-state index in [-0.39, 0.29) is 17.9 Å². The van der Waals surface area contributed by atoms with E-state index in [0.29, 0.717) is 25.9 Å². The second-order valence-corrected chi connectivity index (χ2v) is 3.37. The van der Waals surface area contributed by atoms with Gasteiger partial charge in [0.05, 0.1) is 6.04 Å². The molecular weight excluding hydrogens is 194 g/mol. The Bertz CT molecular complexity index is 207. The van der Waals surface area contributed by atoms with Gasteiger partial charge in [0.2, 0.25) is 11.8 Å². The van der Waals surface area contributed by atoms with Crippen LogP contribution in [0.15, 0.2) is 0 Å². The predicted octanol–water partition coefficient (Wildman–Crippen LogP) is -0.244. The number of nitrogens with one attached hydrogen (secondary N) is 2. The lowest BCUT2D eigenvalue weighted by Gasteiger charge is -2.12. The molecule has 1 atom stereocenters. The van der Waals surface area contributed by atoms with Gasteiger partial charge >= 0.3 is 0 Å². The molecule has 88 valence electrons. The standard InChI is InChI=1S/C10H21N3O2/c1-3-8(10(11)15)13-7-5-6-9(14)12-4-2/h8,13H,3-7H2,1-2H3,(H2,11,15)(H,12,14)/t8-/m0/s1. The van der Waals surface area contributed by atoms with E-state index in [1.807, 2.05) is 13.8 Å². The lowest BCUT2D eigenvalue weighted by Crippen LogP contribution is -2.41. The minimum atomic E-state index is -0.337. The van der Waals surface area contributed by atoms with Crippen LogP contribution in [0.4, 0.5) is 0 Å². The second kappa shape index (κ2) is 8.23. The molecule has 0 radical (unpaired) electrons. The first kappa shape index (κ1) is 13.9. The highest BCUT2D eigenvalue weighted by atomic mass is 16.2. The molecule has 0 unspecified atom stereocenters. The van der Waals surface area contributed by atoms with Crippen molar-refractivity contribution in [3.63, 3.8) is 0 Å². The zero-order valence-electron chi connectivity index (χ0n) is 9.51. The van der Waals surface area contributed by atoms with Gasteiger partial charge in [-0.15, -0.1) is 0 Å². The van der Waals surface area contributed by atoms with Crippen molar-refractivity contribution in [1.29, 1.82) is 0 Å². The van der Waals surface area contributed by atoms with E-state index in [1.165, 1.54) is 0 Å². The lowest BCUT2D eigenvalue weighted by atomic mass is 10.2. The molecule has 0 rings (SSSR count). The summed E-state index contributed by atoms with van der Waals surface area (Å²) in [6.07, 6.45) is 1.88. The molecule has 0 aromatic carbocycles. The van der Waals surface area contributed by atoms with Crippen molar-refractivity contribution in [3.05, 3.63) is 0 Å². The molecular formula is C10H21N3O2. The molecule has 0 aliphatic rings. The summed E-state index contributed by atoms with van der Waals surface area (Å²) in [7, 11) is 0. The maximum absolute atomic E-state index is 11.1. The van der Waals surface area contributed by atoms with Crippen LogP contribution in [0.3, 0.4) is 0 Å². The van der Waals surface area contributed by atoms with Gasteiger partial charge in [-0.1, -0.05) is 6.92 Å². The molecule has 0 aromatic rings. The normalized spacial score (nSPS) is 12.1. The molecule has 0 spiro atoms. The van der Waals surface area contributed by atoms with Crippen LogP contribution in [0.1, 0.15) is 33.1 Å². The molecule has 2 amide bonds. The van der Waals surface area contributed by atoms with Gasteiger partial charge in [-0.05, 0) is 26.3 Å². The van der Waals surface area contributed by atoms with Gasteiger partial charge in [-0.2, -0.15) is 0 Å². The highest BCUT2D eigenvalue weighted by molar-refractivity contribution is 5.79. The number of hydrogen-bond acceptors (Lipinski definition) is 3. The zero-order chi connectivity index (χ0) is 11.7. The Morgan fingerprint density at radius 3 is 2.47 bits per heavy atom. The van der Waals surface area contributed by atoms with Gasteiger partial charge in [0.1, 0.15) is 0 Å². The van der Waals surface area contributed by atoms with Crippen molar-refractivity contribution in [2.75, 3.05) is 13.1 Å². The second-order valence-electron chi connectivity index (χ2n) is 3.37. The van der Waals surface area contributed by atoms with Crippen LogP contribution >= 0.6 is 0 Å². The fourth-order valence-electron chi connectivity index (χ4n) is 1.26. The maximum Gasteiger partial charge on any atom is 0.234 e. The number of nitrogens with two attached hydrogens (primary N) is 1. The third-order valence-corrected chi connectivity index (χ3v) is 2.10. The van der Waals surface area contributed by atoms with E-state index >= 15 is 0 Å². The molecule has 5 nitrogen and oxygen atoms in total. The monoisotopic (exact) mass is 215 g/mol. The highest BCUT2D eigenvalue weighted by Gasteiger charge is 2.10. The topological polar surface area (TPSA) is 84.2 Å². The van der Waals surface area contributed by atoms with E-state index in [1.54, 1.807) is 0 Å². The van der Waals surface area contributed by atoms with Crippen molar-refractivity contribution >= 4 is 11.8 Å². The van der Waals surface area contributed by atoms with Gasteiger partial charge < -0.3 is 16.4 Å². The number of amides is 2. The van der Waals surface area contributed by atoms with E-state index in [9.17, 15) is 9.59 Å². The number of rotatable bonds is 8.